The molecule has 1 aliphatic carbocycles. The van der Waals surface area contributed by atoms with Crippen LogP contribution in [-0.2, 0) is 27.7 Å². The summed E-state index contributed by atoms with van der Waals surface area (Å²) in [5.41, 5.74) is 3.71. The summed E-state index contributed by atoms with van der Waals surface area (Å²) in [5, 5.41) is 6.59. The molecule has 40 heavy (non-hydrogen) atoms. The summed E-state index contributed by atoms with van der Waals surface area (Å²) < 4.78 is 32.3. The van der Waals surface area contributed by atoms with Crippen molar-refractivity contribution >= 4 is 44.9 Å². The van der Waals surface area contributed by atoms with Gasteiger partial charge in [-0.1, -0.05) is 55.8 Å². The van der Waals surface area contributed by atoms with E-state index < -0.39 is 10.0 Å². The van der Waals surface area contributed by atoms with Crippen molar-refractivity contribution in [2.24, 2.45) is 5.92 Å². The van der Waals surface area contributed by atoms with Gasteiger partial charge >= 0.3 is 0 Å². The van der Waals surface area contributed by atoms with E-state index in [2.05, 4.69) is 20.3 Å². The second kappa shape index (κ2) is 13.4. The van der Waals surface area contributed by atoms with E-state index in [9.17, 15) is 13.2 Å². The van der Waals surface area contributed by atoms with Crippen molar-refractivity contribution in [1.29, 1.82) is 0 Å². The highest BCUT2D eigenvalue weighted by Crippen LogP contribution is 2.31. The number of aryl methyl sites for hydroxylation is 2. The fourth-order valence-electron chi connectivity index (χ4n) is 4.93. The molecule has 0 spiro atoms. The Morgan fingerprint density at radius 1 is 1.10 bits per heavy atom. The molecule has 3 N–H and O–H groups in total. The van der Waals surface area contributed by atoms with Gasteiger partial charge in [0.15, 0.2) is 0 Å². The summed E-state index contributed by atoms with van der Waals surface area (Å²) in [6, 6.07) is 10.1. The minimum absolute atomic E-state index is 0.108. The maximum Gasteiger partial charge on any atom is 0.240 e. The largest absolute Gasteiger partial charge is 0.495 e. The highest BCUT2D eigenvalue weighted by atomic mass is 35.5. The Kier molecular flexibility index (Phi) is 9.99. The van der Waals surface area contributed by atoms with Crippen molar-refractivity contribution in [2.45, 2.75) is 63.2 Å². The van der Waals surface area contributed by atoms with Gasteiger partial charge in [-0.05, 0) is 68.1 Å². The first-order valence-corrected chi connectivity index (χ1v) is 15.3. The number of anilines is 3. The summed E-state index contributed by atoms with van der Waals surface area (Å²) in [5.74, 6) is 1.14. The van der Waals surface area contributed by atoms with Gasteiger partial charge in [0, 0.05) is 5.69 Å². The Labute approximate surface area is 241 Å². The molecule has 11 heteroatoms. The third-order valence-corrected chi connectivity index (χ3v) is 8.98. The summed E-state index contributed by atoms with van der Waals surface area (Å²) in [6.45, 7) is 1.90. The number of nitrogens with zero attached hydrogens (tertiary/aromatic N) is 2. The number of methoxy groups -OCH3 is 1. The van der Waals surface area contributed by atoms with Crippen LogP contribution in [-0.4, -0.2) is 38.5 Å². The van der Waals surface area contributed by atoms with E-state index in [4.69, 9.17) is 21.3 Å². The molecular formula is C29H36ClN5O4S. The van der Waals surface area contributed by atoms with Gasteiger partial charge in [-0.15, -0.1) is 0 Å². The van der Waals surface area contributed by atoms with Crippen LogP contribution in [0.4, 0.5) is 17.3 Å². The van der Waals surface area contributed by atoms with E-state index in [0.717, 1.165) is 23.2 Å². The highest BCUT2D eigenvalue weighted by Gasteiger charge is 2.18. The van der Waals surface area contributed by atoms with E-state index in [1.807, 2.05) is 6.92 Å². The normalized spacial score (nSPS) is 14.1. The molecule has 0 radical (unpaired) electrons. The molecular weight excluding hydrogens is 550 g/mol. The first-order chi connectivity index (χ1) is 19.2. The molecule has 0 unspecified atom stereocenters. The zero-order valence-electron chi connectivity index (χ0n) is 23.1. The van der Waals surface area contributed by atoms with Crippen LogP contribution in [0.3, 0.4) is 0 Å². The van der Waals surface area contributed by atoms with E-state index >= 15 is 0 Å². The fourth-order valence-corrected chi connectivity index (χ4v) is 5.97. The monoisotopic (exact) mass is 585 g/mol. The molecule has 2 aromatic carbocycles. The molecule has 1 fully saturated rings. The van der Waals surface area contributed by atoms with Gasteiger partial charge in [0.05, 0.1) is 41.0 Å². The lowest BCUT2D eigenvalue weighted by molar-refractivity contribution is -0.115. The Hall–Kier alpha value is -3.21. The number of sulfonamides is 1. The number of carbonyl (C=O) groups excluding carboxylic acids is 1. The SMILES string of the molecule is CNS(=O)(=O)c1ccc(C)c(Nc2cnc(NC(=O)Cc3ccc(OC)c(Cl)c3)nc2CCC2CCCCC2)c1. The van der Waals surface area contributed by atoms with Crippen LogP contribution in [0, 0.1) is 12.8 Å². The standard InChI is InChI=1S/C29H36ClN5O4S/c1-19-9-12-22(40(37,38)31-2)17-25(19)33-26-18-32-29(34-24(26)13-10-20-7-5-4-6-8-20)35-28(36)16-21-11-14-27(39-3)23(30)15-21/h9,11-12,14-15,17-18,20,31,33H,4-8,10,13,16H2,1-3H3,(H,32,34,35,36). The molecule has 1 amide bonds. The number of aromatic nitrogens is 2. The van der Waals surface area contributed by atoms with Crippen molar-refractivity contribution < 1.29 is 17.9 Å². The molecule has 0 aliphatic heterocycles. The van der Waals surface area contributed by atoms with Crippen LogP contribution in [0.25, 0.3) is 0 Å². The van der Waals surface area contributed by atoms with Crippen molar-refractivity contribution in [3.05, 3.63) is 64.4 Å². The first-order valence-electron chi connectivity index (χ1n) is 13.5. The van der Waals surface area contributed by atoms with Gasteiger partial charge in [0.25, 0.3) is 0 Å². The third-order valence-electron chi connectivity index (χ3n) is 7.27. The molecule has 3 aromatic rings. The Bertz CT molecular complexity index is 1460. The predicted molar refractivity (Wildman–Crippen MR) is 158 cm³/mol. The van der Waals surface area contributed by atoms with Crippen LogP contribution in [0.1, 0.15) is 55.3 Å². The van der Waals surface area contributed by atoms with Gasteiger partial charge in [-0.2, -0.15) is 0 Å². The second-order valence-corrected chi connectivity index (χ2v) is 12.4. The van der Waals surface area contributed by atoms with Crippen molar-refractivity contribution in [3.63, 3.8) is 0 Å². The number of hydrogen-bond donors (Lipinski definition) is 3. The number of benzene rings is 2. The Morgan fingerprint density at radius 2 is 1.88 bits per heavy atom. The molecule has 4 rings (SSSR count). The minimum atomic E-state index is -3.60. The zero-order valence-corrected chi connectivity index (χ0v) is 24.7. The van der Waals surface area contributed by atoms with Gasteiger partial charge in [0.2, 0.25) is 21.9 Å². The molecule has 1 saturated carbocycles. The van der Waals surface area contributed by atoms with Crippen LogP contribution in [0.5, 0.6) is 5.75 Å². The van der Waals surface area contributed by atoms with Gasteiger partial charge in [-0.3, -0.25) is 10.1 Å². The molecule has 9 nitrogen and oxygen atoms in total. The van der Waals surface area contributed by atoms with Crippen molar-refractivity contribution in [2.75, 3.05) is 24.8 Å². The molecule has 0 atom stereocenters. The van der Waals surface area contributed by atoms with Gasteiger partial charge in [0.1, 0.15) is 5.75 Å². The summed E-state index contributed by atoms with van der Waals surface area (Å²) in [7, 11) is -0.677. The minimum Gasteiger partial charge on any atom is -0.495 e. The van der Waals surface area contributed by atoms with E-state index in [0.29, 0.717) is 34.5 Å². The maximum atomic E-state index is 12.8. The number of carbonyl (C=O) groups is 1. The number of amides is 1. The van der Waals surface area contributed by atoms with Crippen molar-refractivity contribution in [1.82, 2.24) is 14.7 Å². The molecule has 1 aliphatic rings. The lowest BCUT2D eigenvalue weighted by atomic mass is 9.85. The number of hydrogen-bond acceptors (Lipinski definition) is 7. The zero-order chi connectivity index (χ0) is 28.7. The lowest BCUT2D eigenvalue weighted by Crippen LogP contribution is -2.19. The summed E-state index contributed by atoms with van der Waals surface area (Å²) >= 11 is 6.21. The van der Waals surface area contributed by atoms with Crippen LogP contribution in [0.2, 0.25) is 5.02 Å². The number of nitrogens with one attached hydrogen (secondary N) is 3. The molecule has 1 aromatic heterocycles. The van der Waals surface area contributed by atoms with Crippen molar-refractivity contribution in [3.8, 4) is 5.75 Å². The topological polar surface area (TPSA) is 122 Å². The Morgan fingerprint density at radius 3 is 2.58 bits per heavy atom. The van der Waals surface area contributed by atoms with E-state index in [1.165, 1.54) is 46.3 Å². The number of rotatable bonds is 11. The number of ether oxygens (including phenoxy) is 1. The van der Waals surface area contributed by atoms with Crippen LogP contribution in [0.15, 0.2) is 47.5 Å². The summed E-state index contributed by atoms with van der Waals surface area (Å²) in [4.78, 5) is 22.1. The molecule has 214 valence electrons. The molecule has 0 saturated heterocycles. The quantitative estimate of drug-likeness (QED) is 0.260. The second-order valence-electron chi connectivity index (χ2n) is 10.1. The van der Waals surface area contributed by atoms with Gasteiger partial charge in [-0.25, -0.2) is 23.1 Å². The highest BCUT2D eigenvalue weighted by molar-refractivity contribution is 7.89. The predicted octanol–water partition coefficient (Wildman–Crippen LogP) is 5.79. The van der Waals surface area contributed by atoms with Crippen LogP contribution >= 0.6 is 11.6 Å². The first kappa shape index (κ1) is 29.8. The smallest absolute Gasteiger partial charge is 0.240 e. The van der Waals surface area contributed by atoms with Crippen LogP contribution < -0.4 is 20.1 Å². The van der Waals surface area contributed by atoms with E-state index in [-0.39, 0.29) is 23.2 Å². The third kappa shape index (κ3) is 7.71. The average molecular weight is 586 g/mol. The maximum absolute atomic E-state index is 12.8. The van der Waals surface area contributed by atoms with Gasteiger partial charge < -0.3 is 10.1 Å². The lowest BCUT2D eigenvalue weighted by Gasteiger charge is -2.22. The fraction of sp³-hybridized carbons (Fsp3) is 0.414. The molecule has 1 heterocycles. The molecule has 0 bridgehead atoms. The Balaban J connectivity index is 1.56. The van der Waals surface area contributed by atoms with E-state index in [1.54, 1.807) is 42.6 Å². The number of halogens is 1. The summed E-state index contributed by atoms with van der Waals surface area (Å²) in [6.07, 6.45) is 9.66. The average Bonchev–Trinajstić information content (AvgIpc) is 2.94.